The molecule has 1 aromatic carbocycles. The summed E-state index contributed by atoms with van der Waals surface area (Å²) in [5, 5.41) is 3.57. The van der Waals surface area contributed by atoms with Crippen LogP contribution in [0.1, 0.15) is 52.2 Å². The van der Waals surface area contributed by atoms with Gasteiger partial charge in [0.25, 0.3) is 0 Å². The summed E-state index contributed by atoms with van der Waals surface area (Å²) < 4.78 is 2.91. The van der Waals surface area contributed by atoms with Crippen LogP contribution in [0.2, 0.25) is 18.6 Å². The van der Waals surface area contributed by atoms with Crippen molar-refractivity contribution in [1.82, 2.24) is 9.88 Å². The maximum Gasteiger partial charge on any atom is 0.126 e. The van der Waals surface area contributed by atoms with Crippen molar-refractivity contribution in [1.29, 1.82) is 0 Å². The number of piperazine rings is 1. The lowest BCUT2D eigenvalue weighted by atomic mass is 9.80. The van der Waals surface area contributed by atoms with E-state index in [2.05, 4.69) is 100 Å². The van der Waals surface area contributed by atoms with E-state index in [4.69, 9.17) is 0 Å². The van der Waals surface area contributed by atoms with Crippen molar-refractivity contribution in [3.63, 3.8) is 0 Å². The van der Waals surface area contributed by atoms with Crippen molar-refractivity contribution in [3.8, 4) is 0 Å². The van der Waals surface area contributed by atoms with E-state index in [-0.39, 0.29) is 5.41 Å². The van der Waals surface area contributed by atoms with Gasteiger partial charge in [-0.05, 0) is 57.7 Å². The van der Waals surface area contributed by atoms with Crippen molar-refractivity contribution in [3.05, 3.63) is 53.6 Å². The molecule has 2 aliphatic carbocycles. The van der Waals surface area contributed by atoms with Gasteiger partial charge in [-0.15, -0.1) is 0 Å². The third kappa shape index (κ3) is 4.38. The number of fused-ring (bicyclic) bond motifs is 1. The molecule has 3 heteroatoms. The van der Waals surface area contributed by atoms with Gasteiger partial charge in [0.15, 0.2) is 0 Å². The minimum Gasteiger partial charge on any atom is -0.321 e. The van der Waals surface area contributed by atoms with Gasteiger partial charge >= 0.3 is 0 Å². The van der Waals surface area contributed by atoms with E-state index in [0.29, 0.717) is 11.8 Å². The van der Waals surface area contributed by atoms with Gasteiger partial charge < -0.3 is 9.88 Å². The first-order chi connectivity index (χ1) is 14.6. The lowest BCUT2D eigenvalue weighted by molar-refractivity contribution is 0.320. The average Bonchev–Trinajstić information content (AvgIpc) is 3.15. The third-order valence-corrected chi connectivity index (χ3v) is 13.1. The number of nitrogens with zero attached hydrogens (tertiary/aromatic N) is 1. The van der Waals surface area contributed by atoms with Crippen LogP contribution in [-0.4, -0.2) is 39.0 Å². The van der Waals surface area contributed by atoms with Crippen LogP contribution in [0.3, 0.4) is 0 Å². The van der Waals surface area contributed by atoms with Crippen molar-refractivity contribution < 1.29 is 0 Å². The maximum absolute atomic E-state index is 3.57. The normalized spacial score (nSPS) is 29.9. The van der Waals surface area contributed by atoms with Crippen LogP contribution in [0.25, 0.3) is 5.57 Å². The first-order valence-corrected chi connectivity index (χ1v) is 15.6. The number of hydrogen-bond donors (Lipinski definition) is 1. The van der Waals surface area contributed by atoms with E-state index in [1.165, 1.54) is 30.6 Å². The Bertz CT molecular complexity index is 822. The molecule has 1 heterocycles. The second-order valence-corrected chi connectivity index (χ2v) is 16.7. The van der Waals surface area contributed by atoms with Crippen LogP contribution in [0, 0.1) is 23.7 Å². The largest absolute Gasteiger partial charge is 0.321 e. The Labute approximate surface area is 192 Å². The molecule has 170 valence electrons. The van der Waals surface area contributed by atoms with Crippen LogP contribution in [0.5, 0.6) is 0 Å². The molecular formula is C28H44N2Si. The summed E-state index contributed by atoms with van der Waals surface area (Å²) in [5.41, 5.74) is 5.51. The molecule has 1 saturated heterocycles. The topological polar surface area (TPSA) is 15.3 Å². The molecule has 0 aromatic heterocycles. The molecule has 4 atom stereocenters. The van der Waals surface area contributed by atoms with Crippen LogP contribution < -0.4 is 5.32 Å². The molecule has 1 N–H and O–H groups in total. The van der Waals surface area contributed by atoms with E-state index < -0.39 is 8.24 Å². The highest BCUT2D eigenvalue weighted by Gasteiger charge is 2.54. The third-order valence-electron chi connectivity index (χ3n) is 8.56. The highest BCUT2D eigenvalue weighted by atomic mass is 28.3. The Hall–Kier alpha value is -1.16. The van der Waals surface area contributed by atoms with Crippen LogP contribution in [-0.2, 0) is 5.41 Å². The number of allylic oxidation sites excluding steroid dienone is 4. The predicted octanol–water partition coefficient (Wildman–Crippen LogP) is 6.33. The monoisotopic (exact) mass is 436 g/mol. The van der Waals surface area contributed by atoms with Crippen molar-refractivity contribution in [2.24, 2.45) is 23.7 Å². The Morgan fingerprint density at radius 1 is 1.03 bits per heavy atom. The van der Waals surface area contributed by atoms with Crippen molar-refractivity contribution >= 4 is 13.8 Å². The Kier molecular flexibility index (Phi) is 6.42. The minimum absolute atomic E-state index is 0.210. The van der Waals surface area contributed by atoms with E-state index >= 15 is 0 Å². The fourth-order valence-corrected chi connectivity index (χ4v) is 11.4. The molecule has 1 aliphatic heterocycles. The van der Waals surface area contributed by atoms with Gasteiger partial charge in [-0.3, -0.25) is 0 Å². The molecule has 0 radical (unpaired) electrons. The molecule has 31 heavy (non-hydrogen) atoms. The second kappa shape index (κ2) is 8.65. The van der Waals surface area contributed by atoms with Crippen LogP contribution in [0.15, 0.2) is 42.5 Å². The van der Waals surface area contributed by atoms with Gasteiger partial charge in [-0.25, -0.2) is 0 Å². The molecule has 3 aliphatic rings. The Balaban J connectivity index is 1.65. The van der Waals surface area contributed by atoms with Crippen molar-refractivity contribution in [2.45, 2.75) is 65.1 Å². The van der Waals surface area contributed by atoms with E-state index in [1.54, 1.807) is 5.57 Å². The number of nitrogens with one attached hydrogen (secondary N) is 1. The predicted molar refractivity (Wildman–Crippen MR) is 138 cm³/mol. The Morgan fingerprint density at radius 2 is 1.68 bits per heavy atom. The summed E-state index contributed by atoms with van der Waals surface area (Å²) in [6.07, 6.45) is 8.74. The number of benzene rings is 1. The molecule has 0 spiro atoms. The maximum atomic E-state index is 3.57. The zero-order valence-electron chi connectivity index (χ0n) is 20.9. The van der Waals surface area contributed by atoms with Gasteiger partial charge in [0.2, 0.25) is 0 Å². The summed E-state index contributed by atoms with van der Waals surface area (Å²) in [5.74, 6) is 2.96. The summed E-state index contributed by atoms with van der Waals surface area (Å²) in [6, 6.07) is 9.49. The van der Waals surface area contributed by atoms with Gasteiger partial charge in [-0.2, -0.15) is 0 Å². The molecule has 1 saturated carbocycles. The fraction of sp³-hybridized carbons (Fsp3) is 0.643. The second-order valence-electron chi connectivity index (χ2n) is 12.1. The number of rotatable bonds is 4. The lowest BCUT2D eigenvalue weighted by Gasteiger charge is -2.48. The molecule has 2 fully saturated rings. The highest BCUT2D eigenvalue weighted by Crippen LogP contribution is 2.59. The Morgan fingerprint density at radius 3 is 2.26 bits per heavy atom. The minimum atomic E-state index is -1.55. The molecule has 1 aromatic rings. The fourth-order valence-electron chi connectivity index (χ4n) is 6.74. The number of hydrogen-bond acceptors (Lipinski definition) is 2. The average molecular weight is 437 g/mol. The zero-order chi connectivity index (χ0) is 22.4. The summed E-state index contributed by atoms with van der Waals surface area (Å²) in [7, 11) is -1.55. The molecule has 0 amide bonds. The van der Waals surface area contributed by atoms with Gasteiger partial charge in [-0.1, -0.05) is 90.2 Å². The smallest absolute Gasteiger partial charge is 0.126 e. The summed E-state index contributed by atoms with van der Waals surface area (Å²) >= 11 is 0. The highest BCUT2D eigenvalue weighted by molar-refractivity contribution is 6.76. The summed E-state index contributed by atoms with van der Waals surface area (Å²) in [4.78, 5) is 0. The van der Waals surface area contributed by atoms with E-state index in [9.17, 15) is 0 Å². The molecule has 4 rings (SSSR count). The van der Waals surface area contributed by atoms with Gasteiger partial charge in [0.1, 0.15) is 8.24 Å². The van der Waals surface area contributed by atoms with Crippen LogP contribution in [0.4, 0.5) is 0 Å². The molecule has 4 unspecified atom stereocenters. The zero-order valence-corrected chi connectivity index (χ0v) is 21.9. The molecular weight excluding hydrogens is 392 g/mol. The molecule has 0 bridgehead atoms. The first kappa shape index (κ1) is 23.0. The van der Waals surface area contributed by atoms with E-state index in [1.807, 2.05) is 0 Å². The van der Waals surface area contributed by atoms with Crippen LogP contribution >= 0.6 is 0 Å². The van der Waals surface area contributed by atoms with Crippen molar-refractivity contribution in [2.75, 3.05) is 26.2 Å². The lowest BCUT2D eigenvalue weighted by Crippen LogP contribution is -2.60. The van der Waals surface area contributed by atoms with Gasteiger partial charge in [0, 0.05) is 26.2 Å². The summed E-state index contributed by atoms with van der Waals surface area (Å²) in [6.45, 7) is 22.0. The first-order valence-electron chi connectivity index (χ1n) is 12.6. The standard InChI is InChI=1S/C28H44N2Si/c1-20(2)25-19-26-23(21-11-13-22(14-12-21)28(3,4)5)9-8-10-24(26)27(25)31(6,7)30-17-15-29-16-18-30/h8-14,20,24-27,29H,15-19H2,1-7H3. The van der Waals surface area contributed by atoms with E-state index in [0.717, 1.165) is 30.5 Å². The SMILES string of the molecule is CC(C)C1CC2C(c3ccc(C(C)(C)C)cc3)=CC=CC2C1[Si](C)(C)N1CCNCC1. The quantitative estimate of drug-likeness (QED) is 0.555. The van der Waals surface area contributed by atoms with Gasteiger partial charge in [0.05, 0.1) is 0 Å². The molecule has 2 nitrogen and oxygen atoms in total.